The van der Waals surface area contributed by atoms with E-state index in [1.807, 2.05) is 72.1 Å². The van der Waals surface area contributed by atoms with Gasteiger partial charge in [0.1, 0.15) is 5.65 Å². The minimum absolute atomic E-state index is 0.0578. The predicted molar refractivity (Wildman–Crippen MR) is 122 cm³/mol. The molecule has 0 unspecified atom stereocenters. The summed E-state index contributed by atoms with van der Waals surface area (Å²) in [6.07, 6.45) is 4.09. The normalized spacial score (nSPS) is 11.4. The molecule has 5 nitrogen and oxygen atoms in total. The van der Waals surface area contributed by atoms with E-state index in [2.05, 4.69) is 19.2 Å². The molecule has 0 radical (unpaired) electrons. The second kappa shape index (κ2) is 7.46. The van der Waals surface area contributed by atoms with Crippen LogP contribution in [0.3, 0.4) is 0 Å². The second-order valence-corrected chi connectivity index (χ2v) is 8.32. The summed E-state index contributed by atoms with van der Waals surface area (Å²) in [5.74, 6) is 0.622. The summed E-state index contributed by atoms with van der Waals surface area (Å²) in [4.78, 5) is 22.8. The van der Waals surface area contributed by atoms with Gasteiger partial charge in [0.2, 0.25) is 0 Å². The molecule has 0 aliphatic rings. The highest BCUT2D eigenvalue weighted by molar-refractivity contribution is 7.98. The van der Waals surface area contributed by atoms with Crippen molar-refractivity contribution in [1.29, 1.82) is 0 Å². The van der Waals surface area contributed by atoms with Crippen LogP contribution in [0.25, 0.3) is 22.2 Å². The Labute approximate surface area is 178 Å². The monoisotopic (exact) mass is 412 g/mol. The average molecular weight is 413 g/mol. The van der Waals surface area contributed by atoms with Crippen molar-refractivity contribution in [2.24, 2.45) is 0 Å². The summed E-state index contributed by atoms with van der Waals surface area (Å²) >= 11 is 1.52. The van der Waals surface area contributed by atoms with Gasteiger partial charge in [0.05, 0.1) is 22.3 Å². The highest BCUT2D eigenvalue weighted by atomic mass is 32.2. The summed E-state index contributed by atoms with van der Waals surface area (Å²) in [6, 6.07) is 19.5. The van der Waals surface area contributed by atoms with Gasteiger partial charge in [-0.15, -0.1) is 0 Å². The number of hydrogen-bond donors (Lipinski definition) is 0. The van der Waals surface area contributed by atoms with Crippen LogP contribution >= 0.6 is 11.8 Å². The Balaban J connectivity index is 1.58. The third-order valence-corrected chi connectivity index (χ3v) is 6.01. The van der Waals surface area contributed by atoms with E-state index >= 15 is 0 Å². The number of para-hydroxylation sites is 1. The molecule has 0 bridgehead atoms. The van der Waals surface area contributed by atoms with E-state index in [1.165, 1.54) is 17.3 Å². The lowest BCUT2D eigenvalue weighted by Gasteiger charge is -2.13. The van der Waals surface area contributed by atoms with Gasteiger partial charge in [-0.1, -0.05) is 47.7 Å². The SMILES string of the molecule is Cc1ccc(-n2c(SCc3cn4cc(C)ccc4n3)nc3ccccc3c2=O)cc1. The van der Waals surface area contributed by atoms with E-state index in [1.54, 1.807) is 4.57 Å². The van der Waals surface area contributed by atoms with Crippen molar-refractivity contribution in [1.82, 2.24) is 18.9 Å². The molecule has 2 aromatic carbocycles. The zero-order valence-corrected chi connectivity index (χ0v) is 17.6. The van der Waals surface area contributed by atoms with Crippen molar-refractivity contribution in [3.05, 3.63) is 100 Å². The zero-order chi connectivity index (χ0) is 20.7. The fourth-order valence-electron chi connectivity index (χ4n) is 3.49. The summed E-state index contributed by atoms with van der Waals surface area (Å²) in [5, 5.41) is 1.28. The highest BCUT2D eigenvalue weighted by Crippen LogP contribution is 2.25. The summed E-state index contributed by atoms with van der Waals surface area (Å²) < 4.78 is 3.73. The van der Waals surface area contributed by atoms with Crippen LogP contribution in [-0.2, 0) is 5.75 Å². The van der Waals surface area contributed by atoms with Crippen LogP contribution in [0.4, 0.5) is 0 Å². The van der Waals surface area contributed by atoms with Crippen LogP contribution in [0, 0.1) is 13.8 Å². The van der Waals surface area contributed by atoms with Gasteiger partial charge < -0.3 is 4.40 Å². The fraction of sp³-hybridized carbons (Fsp3) is 0.125. The number of hydrogen-bond acceptors (Lipinski definition) is 4. The number of aryl methyl sites for hydroxylation is 2. The molecule has 5 aromatic rings. The first kappa shape index (κ1) is 18.6. The topological polar surface area (TPSA) is 52.2 Å². The molecule has 0 saturated heterocycles. The van der Waals surface area contributed by atoms with E-state index in [0.29, 0.717) is 21.8 Å². The van der Waals surface area contributed by atoms with E-state index in [0.717, 1.165) is 22.6 Å². The molecular weight excluding hydrogens is 392 g/mol. The number of nitrogens with zero attached hydrogens (tertiary/aromatic N) is 4. The van der Waals surface area contributed by atoms with Crippen molar-refractivity contribution in [3.8, 4) is 5.69 Å². The maximum atomic E-state index is 13.3. The van der Waals surface area contributed by atoms with E-state index < -0.39 is 0 Å². The molecule has 0 saturated carbocycles. The highest BCUT2D eigenvalue weighted by Gasteiger charge is 2.14. The Bertz CT molecular complexity index is 1430. The molecule has 148 valence electrons. The molecule has 5 rings (SSSR count). The smallest absolute Gasteiger partial charge is 0.266 e. The molecule has 3 heterocycles. The molecule has 0 amide bonds. The third kappa shape index (κ3) is 3.39. The van der Waals surface area contributed by atoms with Crippen LogP contribution < -0.4 is 5.56 Å². The van der Waals surface area contributed by atoms with Crippen molar-refractivity contribution < 1.29 is 0 Å². The number of pyridine rings is 1. The molecule has 0 aliphatic carbocycles. The van der Waals surface area contributed by atoms with Crippen LogP contribution in [0.1, 0.15) is 16.8 Å². The lowest BCUT2D eigenvalue weighted by Crippen LogP contribution is -2.21. The zero-order valence-electron chi connectivity index (χ0n) is 16.7. The summed E-state index contributed by atoms with van der Waals surface area (Å²) in [5.41, 5.74) is 5.66. The number of aromatic nitrogens is 4. The second-order valence-electron chi connectivity index (χ2n) is 7.38. The maximum Gasteiger partial charge on any atom is 0.266 e. The van der Waals surface area contributed by atoms with Gasteiger partial charge in [-0.25, -0.2) is 9.97 Å². The van der Waals surface area contributed by atoms with Gasteiger partial charge in [0.25, 0.3) is 5.56 Å². The van der Waals surface area contributed by atoms with Gasteiger partial charge in [-0.2, -0.15) is 0 Å². The van der Waals surface area contributed by atoms with E-state index in [9.17, 15) is 4.79 Å². The Hall–Kier alpha value is -3.38. The van der Waals surface area contributed by atoms with Gasteiger partial charge in [0, 0.05) is 18.1 Å². The first-order valence-corrected chi connectivity index (χ1v) is 10.7. The van der Waals surface area contributed by atoms with Gasteiger partial charge in [0.15, 0.2) is 5.16 Å². The van der Waals surface area contributed by atoms with E-state index in [4.69, 9.17) is 9.97 Å². The molecule has 0 fully saturated rings. The third-order valence-electron chi connectivity index (χ3n) is 5.04. The minimum atomic E-state index is -0.0578. The predicted octanol–water partition coefficient (Wildman–Crippen LogP) is 4.94. The number of imidazole rings is 1. The Kier molecular flexibility index (Phi) is 4.64. The molecule has 6 heteroatoms. The van der Waals surface area contributed by atoms with Crippen molar-refractivity contribution >= 4 is 28.3 Å². The number of benzene rings is 2. The van der Waals surface area contributed by atoms with Crippen LogP contribution in [-0.4, -0.2) is 18.9 Å². The van der Waals surface area contributed by atoms with Crippen LogP contribution in [0.2, 0.25) is 0 Å². The fourth-order valence-corrected chi connectivity index (χ4v) is 4.39. The summed E-state index contributed by atoms with van der Waals surface area (Å²) in [6.45, 7) is 4.10. The maximum absolute atomic E-state index is 13.3. The Morgan fingerprint density at radius 1 is 0.867 bits per heavy atom. The Morgan fingerprint density at radius 2 is 1.63 bits per heavy atom. The minimum Gasteiger partial charge on any atom is -0.307 e. The molecule has 30 heavy (non-hydrogen) atoms. The quantitative estimate of drug-likeness (QED) is 0.310. The lowest BCUT2D eigenvalue weighted by molar-refractivity contribution is 0.819. The van der Waals surface area contributed by atoms with Crippen molar-refractivity contribution in [2.75, 3.05) is 0 Å². The number of rotatable bonds is 4. The molecule has 0 spiro atoms. The van der Waals surface area contributed by atoms with Gasteiger partial charge in [-0.05, 0) is 49.7 Å². The lowest BCUT2D eigenvalue weighted by atomic mass is 10.2. The van der Waals surface area contributed by atoms with Crippen molar-refractivity contribution in [3.63, 3.8) is 0 Å². The molecule has 0 N–H and O–H groups in total. The van der Waals surface area contributed by atoms with E-state index in [-0.39, 0.29) is 5.56 Å². The first-order valence-electron chi connectivity index (χ1n) is 9.74. The van der Waals surface area contributed by atoms with Crippen molar-refractivity contribution in [2.45, 2.75) is 24.8 Å². The first-order chi connectivity index (χ1) is 14.6. The van der Waals surface area contributed by atoms with Crippen LogP contribution in [0.5, 0.6) is 0 Å². The number of fused-ring (bicyclic) bond motifs is 2. The summed E-state index contributed by atoms with van der Waals surface area (Å²) in [7, 11) is 0. The molecule has 3 aromatic heterocycles. The Morgan fingerprint density at radius 3 is 2.47 bits per heavy atom. The largest absolute Gasteiger partial charge is 0.307 e. The standard InChI is InChI=1S/C24H20N4OS/c1-16-7-10-19(11-8-16)28-23(29)20-5-3-4-6-21(20)26-24(28)30-15-18-14-27-13-17(2)9-12-22(27)25-18/h3-14H,15H2,1-2H3. The molecule has 0 atom stereocenters. The van der Waals surface area contributed by atoms with Gasteiger partial charge >= 0.3 is 0 Å². The number of thioether (sulfide) groups is 1. The molecule has 0 aliphatic heterocycles. The molecular formula is C24H20N4OS. The average Bonchev–Trinajstić information content (AvgIpc) is 3.15. The van der Waals surface area contributed by atoms with Crippen LogP contribution in [0.15, 0.2) is 83.0 Å². The van der Waals surface area contributed by atoms with Gasteiger partial charge in [-0.3, -0.25) is 9.36 Å².